The Kier molecular flexibility index (Phi) is 4.09. The van der Waals surface area contributed by atoms with Crippen LogP contribution in [0.2, 0.25) is 0 Å². The number of anilines is 1. The standard InChI is InChI=1S/C15H22F2N2/c1-15(2)5-3-7-19(10-15)14-12(16)8-11(4-6-18)9-13(14)17/h8-9H,3-7,10,18H2,1-2H3. The van der Waals surface area contributed by atoms with Crippen molar-refractivity contribution in [1.82, 2.24) is 0 Å². The fourth-order valence-corrected chi connectivity index (χ4v) is 2.85. The van der Waals surface area contributed by atoms with Crippen LogP contribution in [-0.2, 0) is 6.42 Å². The number of benzene rings is 1. The molecule has 2 nitrogen and oxygen atoms in total. The van der Waals surface area contributed by atoms with E-state index in [0.29, 0.717) is 31.6 Å². The van der Waals surface area contributed by atoms with E-state index < -0.39 is 11.6 Å². The number of rotatable bonds is 3. The molecule has 106 valence electrons. The molecule has 1 saturated heterocycles. The number of hydrogen-bond acceptors (Lipinski definition) is 2. The molecule has 1 aromatic rings. The zero-order valence-corrected chi connectivity index (χ0v) is 11.7. The van der Waals surface area contributed by atoms with Crippen molar-refractivity contribution in [2.45, 2.75) is 33.1 Å². The van der Waals surface area contributed by atoms with Gasteiger partial charge in [-0.25, -0.2) is 8.78 Å². The van der Waals surface area contributed by atoms with Gasteiger partial charge in [0.2, 0.25) is 0 Å². The van der Waals surface area contributed by atoms with Gasteiger partial charge in [-0.15, -0.1) is 0 Å². The van der Waals surface area contributed by atoms with Gasteiger partial charge in [0.05, 0.1) is 0 Å². The fourth-order valence-electron chi connectivity index (χ4n) is 2.85. The normalized spacial score (nSPS) is 18.7. The van der Waals surface area contributed by atoms with Crippen LogP contribution < -0.4 is 10.6 Å². The van der Waals surface area contributed by atoms with E-state index >= 15 is 0 Å². The first kappa shape index (κ1) is 14.3. The molecule has 0 atom stereocenters. The summed E-state index contributed by atoms with van der Waals surface area (Å²) in [6, 6.07) is 2.82. The summed E-state index contributed by atoms with van der Waals surface area (Å²) in [6.45, 7) is 6.08. The van der Waals surface area contributed by atoms with Crippen molar-refractivity contribution in [3.63, 3.8) is 0 Å². The van der Waals surface area contributed by atoms with E-state index in [-0.39, 0.29) is 11.1 Å². The molecule has 2 rings (SSSR count). The van der Waals surface area contributed by atoms with Crippen molar-refractivity contribution < 1.29 is 8.78 Å². The van der Waals surface area contributed by atoms with Crippen molar-refractivity contribution in [3.8, 4) is 0 Å². The van der Waals surface area contributed by atoms with E-state index in [1.807, 2.05) is 4.90 Å². The number of nitrogens with two attached hydrogens (primary N) is 1. The van der Waals surface area contributed by atoms with Crippen molar-refractivity contribution >= 4 is 5.69 Å². The molecule has 19 heavy (non-hydrogen) atoms. The summed E-state index contributed by atoms with van der Waals surface area (Å²) in [5, 5.41) is 0. The van der Waals surface area contributed by atoms with Gasteiger partial charge in [0, 0.05) is 13.1 Å². The summed E-state index contributed by atoms with van der Waals surface area (Å²) in [5.74, 6) is -0.942. The smallest absolute Gasteiger partial charge is 0.149 e. The third-order valence-corrected chi connectivity index (χ3v) is 3.73. The average Bonchev–Trinajstić information content (AvgIpc) is 2.27. The minimum absolute atomic E-state index is 0.104. The highest BCUT2D eigenvalue weighted by atomic mass is 19.1. The van der Waals surface area contributed by atoms with E-state index in [2.05, 4.69) is 13.8 Å². The van der Waals surface area contributed by atoms with Crippen LogP contribution in [0.5, 0.6) is 0 Å². The lowest BCUT2D eigenvalue weighted by Gasteiger charge is -2.39. The lowest BCUT2D eigenvalue weighted by Crippen LogP contribution is -2.41. The highest BCUT2D eigenvalue weighted by Crippen LogP contribution is 2.34. The van der Waals surface area contributed by atoms with Crippen LogP contribution in [-0.4, -0.2) is 19.6 Å². The van der Waals surface area contributed by atoms with Crippen molar-refractivity contribution in [2.24, 2.45) is 11.1 Å². The molecule has 0 unspecified atom stereocenters. The third kappa shape index (κ3) is 3.24. The topological polar surface area (TPSA) is 29.3 Å². The van der Waals surface area contributed by atoms with Crippen LogP contribution in [0, 0.1) is 17.0 Å². The van der Waals surface area contributed by atoms with Crippen molar-refractivity contribution in [2.75, 3.05) is 24.5 Å². The summed E-state index contributed by atoms with van der Waals surface area (Å²) >= 11 is 0. The van der Waals surface area contributed by atoms with Crippen LogP contribution in [0.15, 0.2) is 12.1 Å². The predicted octanol–water partition coefficient (Wildman–Crippen LogP) is 3.09. The van der Waals surface area contributed by atoms with Crippen LogP contribution in [0.3, 0.4) is 0 Å². The Morgan fingerprint density at radius 3 is 2.42 bits per heavy atom. The molecule has 0 aromatic heterocycles. The maximum Gasteiger partial charge on any atom is 0.149 e. The van der Waals surface area contributed by atoms with E-state index in [0.717, 1.165) is 12.8 Å². The van der Waals surface area contributed by atoms with Gasteiger partial charge in [0.25, 0.3) is 0 Å². The summed E-state index contributed by atoms with van der Waals surface area (Å²) in [7, 11) is 0. The maximum absolute atomic E-state index is 14.1. The molecule has 1 heterocycles. The molecule has 0 saturated carbocycles. The summed E-state index contributed by atoms with van der Waals surface area (Å²) in [4.78, 5) is 1.83. The van der Waals surface area contributed by atoms with Crippen LogP contribution in [0.1, 0.15) is 32.3 Å². The second-order valence-corrected chi connectivity index (χ2v) is 6.14. The minimum atomic E-state index is -0.471. The molecular weight excluding hydrogens is 246 g/mol. The highest BCUT2D eigenvalue weighted by Gasteiger charge is 2.29. The van der Waals surface area contributed by atoms with Crippen LogP contribution in [0.25, 0.3) is 0 Å². The van der Waals surface area contributed by atoms with Gasteiger partial charge in [-0.2, -0.15) is 0 Å². The highest BCUT2D eigenvalue weighted by molar-refractivity contribution is 5.51. The molecule has 1 fully saturated rings. The number of halogens is 2. The van der Waals surface area contributed by atoms with E-state index in [1.54, 1.807) is 0 Å². The Labute approximate surface area is 113 Å². The molecule has 0 spiro atoms. The van der Waals surface area contributed by atoms with Gasteiger partial charge in [-0.05, 0) is 48.9 Å². The van der Waals surface area contributed by atoms with E-state index in [1.165, 1.54) is 12.1 Å². The quantitative estimate of drug-likeness (QED) is 0.912. The molecule has 2 N–H and O–H groups in total. The van der Waals surface area contributed by atoms with Crippen molar-refractivity contribution in [1.29, 1.82) is 0 Å². The zero-order valence-electron chi connectivity index (χ0n) is 11.7. The van der Waals surface area contributed by atoms with Crippen LogP contribution >= 0.6 is 0 Å². The number of hydrogen-bond donors (Lipinski definition) is 1. The first-order valence-corrected chi connectivity index (χ1v) is 6.86. The second-order valence-electron chi connectivity index (χ2n) is 6.14. The number of piperidine rings is 1. The zero-order chi connectivity index (χ0) is 14.0. The van der Waals surface area contributed by atoms with Crippen molar-refractivity contribution in [3.05, 3.63) is 29.3 Å². The Morgan fingerprint density at radius 1 is 1.26 bits per heavy atom. The van der Waals surface area contributed by atoms with Gasteiger partial charge in [-0.1, -0.05) is 13.8 Å². The van der Waals surface area contributed by atoms with Crippen LogP contribution in [0.4, 0.5) is 14.5 Å². The average molecular weight is 268 g/mol. The molecule has 0 bridgehead atoms. The van der Waals surface area contributed by atoms with Gasteiger partial charge < -0.3 is 10.6 Å². The molecule has 0 radical (unpaired) electrons. The third-order valence-electron chi connectivity index (χ3n) is 3.73. The Balaban J connectivity index is 2.29. The van der Waals surface area contributed by atoms with E-state index in [4.69, 9.17) is 5.73 Å². The van der Waals surface area contributed by atoms with Gasteiger partial charge in [0.1, 0.15) is 17.3 Å². The molecular formula is C15H22F2N2. The Hall–Kier alpha value is -1.16. The number of nitrogens with zero attached hydrogens (tertiary/aromatic N) is 1. The second kappa shape index (κ2) is 5.45. The summed E-state index contributed by atoms with van der Waals surface area (Å²) in [6.07, 6.45) is 2.56. The first-order valence-electron chi connectivity index (χ1n) is 6.86. The predicted molar refractivity (Wildman–Crippen MR) is 74.3 cm³/mol. The van der Waals surface area contributed by atoms with Gasteiger partial charge in [-0.3, -0.25) is 0 Å². The monoisotopic (exact) mass is 268 g/mol. The fraction of sp³-hybridized carbons (Fsp3) is 0.600. The maximum atomic E-state index is 14.1. The largest absolute Gasteiger partial charge is 0.366 e. The lowest BCUT2D eigenvalue weighted by atomic mass is 9.84. The molecule has 1 aliphatic rings. The molecule has 0 amide bonds. The van der Waals surface area contributed by atoms with Gasteiger partial charge >= 0.3 is 0 Å². The summed E-state index contributed by atoms with van der Waals surface area (Å²) in [5.41, 5.74) is 6.27. The SMILES string of the molecule is CC1(C)CCCN(c2c(F)cc(CCN)cc2F)C1. The van der Waals surface area contributed by atoms with E-state index in [9.17, 15) is 8.78 Å². The summed E-state index contributed by atoms with van der Waals surface area (Å²) < 4.78 is 28.3. The first-order chi connectivity index (χ1) is 8.93. The minimum Gasteiger partial charge on any atom is -0.366 e. The Morgan fingerprint density at radius 2 is 1.89 bits per heavy atom. The Bertz CT molecular complexity index is 434. The molecule has 0 aliphatic carbocycles. The lowest BCUT2D eigenvalue weighted by molar-refractivity contribution is 0.290. The molecule has 4 heteroatoms. The molecule has 1 aromatic carbocycles. The van der Waals surface area contributed by atoms with Gasteiger partial charge in [0.15, 0.2) is 0 Å². The molecule has 1 aliphatic heterocycles.